The fourth-order valence-corrected chi connectivity index (χ4v) is 1.72. The van der Waals surface area contributed by atoms with E-state index in [0.29, 0.717) is 17.5 Å². The van der Waals surface area contributed by atoms with Crippen molar-refractivity contribution < 1.29 is 9.53 Å². The van der Waals surface area contributed by atoms with Gasteiger partial charge in [-0.2, -0.15) is 0 Å². The van der Waals surface area contributed by atoms with Gasteiger partial charge in [-0.3, -0.25) is 4.79 Å². The Morgan fingerprint density at radius 1 is 1.53 bits per heavy atom. The van der Waals surface area contributed by atoms with Crippen molar-refractivity contribution in [2.45, 2.75) is 19.0 Å². The second kappa shape index (κ2) is 6.40. The van der Waals surface area contributed by atoms with Gasteiger partial charge in [-0.25, -0.2) is 9.97 Å². The number of nitrogens with zero attached hydrogens (tertiary/aromatic N) is 2. The molecule has 0 aliphatic rings. The van der Waals surface area contributed by atoms with Gasteiger partial charge in [0, 0.05) is 18.1 Å². The summed E-state index contributed by atoms with van der Waals surface area (Å²) in [7, 11) is 0. The Morgan fingerprint density at radius 3 is 2.80 bits per heavy atom. The summed E-state index contributed by atoms with van der Waals surface area (Å²) in [5, 5.41) is 0.689. The third kappa shape index (κ3) is 4.29. The van der Waals surface area contributed by atoms with Crippen molar-refractivity contribution in [3.8, 4) is 0 Å². The topological polar surface area (TPSA) is 52.1 Å². The highest BCUT2D eigenvalue weighted by Gasteiger charge is 2.14. The van der Waals surface area contributed by atoms with Crippen molar-refractivity contribution in [2.24, 2.45) is 5.92 Å². The second-order valence-corrected chi connectivity index (χ2v) is 3.98. The van der Waals surface area contributed by atoms with Crippen LogP contribution in [0.2, 0.25) is 0 Å². The highest BCUT2D eigenvalue weighted by Crippen LogP contribution is 2.16. The lowest BCUT2D eigenvalue weighted by molar-refractivity contribution is -0.146. The lowest BCUT2D eigenvalue weighted by atomic mass is 10.2. The summed E-state index contributed by atoms with van der Waals surface area (Å²) in [4.78, 5) is 19.4. The van der Waals surface area contributed by atoms with Crippen molar-refractivity contribution in [2.75, 3.05) is 12.4 Å². The summed E-state index contributed by atoms with van der Waals surface area (Å²) in [5.74, 6) is 0.350. The zero-order valence-electron chi connectivity index (χ0n) is 8.84. The summed E-state index contributed by atoms with van der Waals surface area (Å²) in [6.45, 7) is 4.07. The van der Waals surface area contributed by atoms with Crippen LogP contribution in [-0.4, -0.2) is 28.3 Å². The van der Waals surface area contributed by atoms with Crippen molar-refractivity contribution in [1.82, 2.24) is 9.97 Å². The molecule has 0 aromatic carbocycles. The Morgan fingerprint density at radius 2 is 2.20 bits per heavy atom. The first-order valence-electron chi connectivity index (χ1n) is 4.80. The molecule has 1 heterocycles. The maximum Gasteiger partial charge on any atom is 0.309 e. The van der Waals surface area contributed by atoms with Crippen LogP contribution in [0.25, 0.3) is 0 Å². The van der Waals surface area contributed by atoms with Gasteiger partial charge in [-0.05, 0) is 13.0 Å². The molecule has 15 heavy (non-hydrogen) atoms. The lowest BCUT2D eigenvalue weighted by Gasteiger charge is -2.08. The van der Waals surface area contributed by atoms with Gasteiger partial charge in [0.05, 0.1) is 12.5 Å². The van der Waals surface area contributed by atoms with Crippen molar-refractivity contribution in [3.63, 3.8) is 0 Å². The number of aromatic nitrogens is 2. The third-order valence-corrected chi connectivity index (χ3v) is 2.83. The van der Waals surface area contributed by atoms with E-state index in [1.54, 1.807) is 25.4 Å². The quantitative estimate of drug-likeness (QED) is 0.435. The largest absolute Gasteiger partial charge is 0.466 e. The normalized spacial score (nSPS) is 12.1. The van der Waals surface area contributed by atoms with Crippen molar-refractivity contribution in [1.29, 1.82) is 0 Å². The fourth-order valence-electron chi connectivity index (χ4n) is 0.912. The number of hydrogen-bond acceptors (Lipinski definition) is 5. The van der Waals surface area contributed by atoms with E-state index >= 15 is 0 Å². The molecule has 0 radical (unpaired) electrons. The molecule has 1 aromatic heterocycles. The Hall–Kier alpha value is -1.10. The first kappa shape index (κ1) is 12.0. The average Bonchev–Trinajstić information content (AvgIpc) is 2.27. The molecule has 5 heteroatoms. The molecular formula is C10H14N2O2S. The minimum absolute atomic E-state index is 0.126. The molecule has 0 saturated carbocycles. The predicted octanol–water partition coefficient (Wildman–Crippen LogP) is 1.77. The average molecular weight is 226 g/mol. The van der Waals surface area contributed by atoms with E-state index in [1.807, 2.05) is 6.92 Å². The fraction of sp³-hybridized carbons (Fsp3) is 0.500. The molecule has 0 bridgehead atoms. The van der Waals surface area contributed by atoms with Gasteiger partial charge in [0.2, 0.25) is 0 Å². The van der Waals surface area contributed by atoms with Crippen molar-refractivity contribution >= 4 is 17.7 Å². The highest BCUT2D eigenvalue weighted by molar-refractivity contribution is 7.99. The number of rotatable bonds is 5. The van der Waals surface area contributed by atoms with E-state index in [9.17, 15) is 4.79 Å². The van der Waals surface area contributed by atoms with Crippen LogP contribution in [-0.2, 0) is 9.53 Å². The van der Waals surface area contributed by atoms with E-state index in [-0.39, 0.29) is 11.9 Å². The molecule has 0 aliphatic heterocycles. The van der Waals surface area contributed by atoms with Gasteiger partial charge in [-0.1, -0.05) is 18.7 Å². The SMILES string of the molecule is CCOC(=O)C(C)CSc1ncccn1. The molecule has 1 unspecified atom stereocenters. The van der Waals surface area contributed by atoms with E-state index in [2.05, 4.69) is 9.97 Å². The zero-order valence-corrected chi connectivity index (χ0v) is 9.66. The zero-order chi connectivity index (χ0) is 11.1. The summed E-state index contributed by atoms with van der Waals surface area (Å²) in [5.41, 5.74) is 0. The summed E-state index contributed by atoms with van der Waals surface area (Å²) in [6, 6.07) is 1.76. The van der Waals surface area contributed by atoms with E-state index in [1.165, 1.54) is 11.8 Å². The van der Waals surface area contributed by atoms with E-state index in [4.69, 9.17) is 4.74 Å². The number of ether oxygens (including phenoxy) is 1. The van der Waals surface area contributed by atoms with Gasteiger partial charge < -0.3 is 4.74 Å². The van der Waals surface area contributed by atoms with E-state index in [0.717, 1.165) is 0 Å². The smallest absolute Gasteiger partial charge is 0.309 e. The summed E-state index contributed by atoms with van der Waals surface area (Å²) < 4.78 is 4.90. The maximum absolute atomic E-state index is 11.3. The molecule has 82 valence electrons. The maximum atomic E-state index is 11.3. The molecular weight excluding hydrogens is 212 g/mol. The number of carbonyl (C=O) groups excluding carboxylic acids is 1. The van der Waals surface area contributed by atoms with Crippen LogP contribution in [0.5, 0.6) is 0 Å². The van der Waals surface area contributed by atoms with Crippen LogP contribution in [0.3, 0.4) is 0 Å². The van der Waals surface area contributed by atoms with Gasteiger partial charge >= 0.3 is 5.97 Å². The molecule has 0 amide bonds. The van der Waals surface area contributed by atoms with Crippen LogP contribution in [0.4, 0.5) is 0 Å². The Balaban J connectivity index is 2.34. The first-order valence-corrected chi connectivity index (χ1v) is 5.79. The molecule has 0 fully saturated rings. The molecule has 0 saturated heterocycles. The first-order chi connectivity index (χ1) is 7.24. The van der Waals surface area contributed by atoms with Gasteiger partial charge in [0.15, 0.2) is 5.16 Å². The van der Waals surface area contributed by atoms with Gasteiger partial charge in [-0.15, -0.1) is 0 Å². The molecule has 1 rings (SSSR count). The Labute approximate surface area is 93.5 Å². The molecule has 1 aromatic rings. The third-order valence-electron chi connectivity index (χ3n) is 1.69. The monoisotopic (exact) mass is 226 g/mol. The van der Waals surface area contributed by atoms with Crippen LogP contribution >= 0.6 is 11.8 Å². The molecule has 4 nitrogen and oxygen atoms in total. The summed E-state index contributed by atoms with van der Waals surface area (Å²) >= 11 is 1.46. The molecule has 0 N–H and O–H groups in total. The minimum atomic E-state index is -0.166. The molecule has 0 spiro atoms. The molecule has 0 aliphatic carbocycles. The minimum Gasteiger partial charge on any atom is -0.466 e. The van der Waals surface area contributed by atoms with Crippen molar-refractivity contribution in [3.05, 3.63) is 18.5 Å². The Kier molecular flexibility index (Phi) is 5.10. The number of hydrogen-bond donors (Lipinski definition) is 0. The van der Waals surface area contributed by atoms with Gasteiger partial charge in [0.25, 0.3) is 0 Å². The van der Waals surface area contributed by atoms with E-state index < -0.39 is 0 Å². The standard InChI is InChI=1S/C10H14N2O2S/c1-3-14-9(13)8(2)7-15-10-11-5-4-6-12-10/h4-6,8H,3,7H2,1-2H3. The molecule has 1 atom stereocenters. The second-order valence-electron chi connectivity index (χ2n) is 3.00. The number of carbonyl (C=O) groups is 1. The number of esters is 1. The summed E-state index contributed by atoms with van der Waals surface area (Å²) in [6.07, 6.45) is 3.37. The number of thioether (sulfide) groups is 1. The van der Waals surface area contributed by atoms with Gasteiger partial charge in [0.1, 0.15) is 0 Å². The van der Waals surface area contributed by atoms with Crippen LogP contribution in [0.1, 0.15) is 13.8 Å². The van der Waals surface area contributed by atoms with Crippen LogP contribution < -0.4 is 0 Å². The van der Waals surface area contributed by atoms with Crippen LogP contribution in [0.15, 0.2) is 23.6 Å². The highest BCUT2D eigenvalue weighted by atomic mass is 32.2. The predicted molar refractivity (Wildman–Crippen MR) is 58.6 cm³/mol. The lowest BCUT2D eigenvalue weighted by Crippen LogP contribution is -2.16. The Bertz CT molecular complexity index is 306. The van der Waals surface area contributed by atoms with Crippen LogP contribution in [0, 0.1) is 5.92 Å².